The summed E-state index contributed by atoms with van der Waals surface area (Å²) >= 11 is 0. The average Bonchev–Trinajstić information content (AvgIpc) is 3.35. The molecule has 7 nitrogen and oxygen atoms in total. The molecule has 3 amide bonds. The Hall–Kier alpha value is -1.79. The minimum absolute atomic E-state index is 0.0222. The Balaban J connectivity index is 1.97. The summed E-state index contributed by atoms with van der Waals surface area (Å²) in [6.45, 7) is 7.73. The summed E-state index contributed by atoms with van der Waals surface area (Å²) in [7, 11) is 0. The maximum atomic E-state index is 12.5. The van der Waals surface area contributed by atoms with Gasteiger partial charge in [-0.2, -0.15) is 0 Å². The SMILES string of the molecule is CCOC(=O)CNC(=O)N1CCC(=O)N(CC2CC2)[C@@H](C(C)C)C1. The Morgan fingerprint density at radius 1 is 1.33 bits per heavy atom. The number of hydrogen-bond acceptors (Lipinski definition) is 4. The first-order chi connectivity index (χ1) is 11.4. The second-order valence-electron chi connectivity index (χ2n) is 6.96. The van der Waals surface area contributed by atoms with Crippen LogP contribution in [0.5, 0.6) is 0 Å². The molecule has 2 rings (SSSR count). The number of rotatable bonds is 6. The summed E-state index contributed by atoms with van der Waals surface area (Å²) in [5, 5.41) is 2.59. The van der Waals surface area contributed by atoms with E-state index in [-0.39, 0.29) is 30.4 Å². The van der Waals surface area contributed by atoms with Crippen LogP contribution in [0, 0.1) is 11.8 Å². The van der Waals surface area contributed by atoms with Crippen LogP contribution in [-0.4, -0.2) is 66.5 Å². The zero-order chi connectivity index (χ0) is 17.7. The van der Waals surface area contributed by atoms with E-state index in [1.54, 1.807) is 11.8 Å². The van der Waals surface area contributed by atoms with Gasteiger partial charge < -0.3 is 19.9 Å². The highest BCUT2D eigenvalue weighted by atomic mass is 16.5. The van der Waals surface area contributed by atoms with Crippen LogP contribution in [0.15, 0.2) is 0 Å². The van der Waals surface area contributed by atoms with Crippen LogP contribution in [0.3, 0.4) is 0 Å². The lowest BCUT2D eigenvalue weighted by Gasteiger charge is -2.34. The van der Waals surface area contributed by atoms with E-state index in [9.17, 15) is 14.4 Å². The van der Waals surface area contributed by atoms with Gasteiger partial charge in [-0.1, -0.05) is 13.8 Å². The van der Waals surface area contributed by atoms with E-state index in [0.29, 0.717) is 32.0 Å². The molecule has 0 unspecified atom stereocenters. The van der Waals surface area contributed by atoms with Gasteiger partial charge in [-0.3, -0.25) is 9.59 Å². The second kappa shape index (κ2) is 8.35. The summed E-state index contributed by atoms with van der Waals surface area (Å²) in [6, 6.07) is -0.288. The smallest absolute Gasteiger partial charge is 0.325 e. The average molecular weight is 339 g/mol. The topological polar surface area (TPSA) is 79.0 Å². The Bertz CT molecular complexity index is 476. The summed E-state index contributed by atoms with van der Waals surface area (Å²) < 4.78 is 4.81. The number of esters is 1. The van der Waals surface area contributed by atoms with Gasteiger partial charge in [0.05, 0.1) is 12.6 Å². The van der Waals surface area contributed by atoms with Crippen LogP contribution in [-0.2, 0) is 14.3 Å². The molecule has 2 fully saturated rings. The van der Waals surface area contributed by atoms with Crippen molar-refractivity contribution < 1.29 is 19.1 Å². The third-order valence-corrected chi connectivity index (χ3v) is 4.62. The fraction of sp³-hybridized carbons (Fsp3) is 0.824. The van der Waals surface area contributed by atoms with Crippen molar-refractivity contribution in [2.24, 2.45) is 11.8 Å². The Labute approximate surface area is 143 Å². The number of carbonyl (C=O) groups is 3. The minimum Gasteiger partial charge on any atom is -0.465 e. The van der Waals surface area contributed by atoms with Crippen LogP contribution in [0.2, 0.25) is 0 Å². The molecule has 1 heterocycles. The maximum absolute atomic E-state index is 12.5. The lowest BCUT2D eigenvalue weighted by molar-refractivity contribution is -0.141. The molecule has 136 valence electrons. The number of ether oxygens (including phenoxy) is 1. The van der Waals surface area contributed by atoms with Crippen LogP contribution in [0.1, 0.15) is 40.0 Å². The zero-order valence-electron chi connectivity index (χ0n) is 14.9. The molecule has 0 radical (unpaired) electrons. The quantitative estimate of drug-likeness (QED) is 0.738. The first-order valence-electron chi connectivity index (χ1n) is 8.90. The molecule has 0 aromatic rings. The number of carbonyl (C=O) groups excluding carboxylic acids is 3. The standard InChI is InChI=1S/C17H29N3O4/c1-4-24-16(22)9-18-17(23)19-8-7-15(21)20(10-13-5-6-13)14(11-19)12(2)3/h12-14H,4-11H2,1-3H3,(H,18,23)/t14-/m1/s1. The molecule has 1 saturated carbocycles. The molecule has 0 bridgehead atoms. The molecule has 24 heavy (non-hydrogen) atoms. The van der Waals surface area contributed by atoms with Crippen LogP contribution in [0.25, 0.3) is 0 Å². The van der Waals surface area contributed by atoms with Crippen LogP contribution >= 0.6 is 0 Å². The van der Waals surface area contributed by atoms with Gasteiger partial charge in [0.15, 0.2) is 0 Å². The van der Waals surface area contributed by atoms with E-state index in [4.69, 9.17) is 4.74 Å². The van der Waals surface area contributed by atoms with Crippen molar-refractivity contribution in [2.45, 2.75) is 46.1 Å². The molecular weight excluding hydrogens is 310 g/mol. The van der Waals surface area contributed by atoms with Crippen molar-refractivity contribution in [1.82, 2.24) is 15.1 Å². The molecule has 1 aliphatic heterocycles. The summed E-state index contributed by atoms with van der Waals surface area (Å²) in [6.07, 6.45) is 2.72. The summed E-state index contributed by atoms with van der Waals surface area (Å²) in [4.78, 5) is 39.9. The van der Waals surface area contributed by atoms with Crippen molar-refractivity contribution in [3.05, 3.63) is 0 Å². The number of hydrogen-bond donors (Lipinski definition) is 1. The fourth-order valence-corrected chi connectivity index (χ4v) is 3.02. The van der Waals surface area contributed by atoms with Gasteiger partial charge in [-0.05, 0) is 31.6 Å². The minimum atomic E-state index is -0.451. The largest absolute Gasteiger partial charge is 0.465 e. The van der Waals surface area contributed by atoms with Gasteiger partial charge in [-0.25, -0.2) is 4.79 Å². The Kier molecular flexibility index (Phi) is 6.45. The molecule has 1 aliphatic carbocycles. The van der Waals surface area contributed by atoms with Gasteiger partial charge in [0, 0.05) is 26.1 Å². The molecule has 0 aromatic heterocycles. The number of amides is 3. The molecule has 1 N–H and O–H groups in total. The van der Waals surface area contributed by atoms with E-state index >= 15 is 0 Å². The van der Waals surface area contributed by atoms with Crippen molar-refractivity contribution in [2.75, 3.05) is 32.8 Å². The number of nitrogens with zero attached hydrogens (tertiary/aromatic N) is 2. The first-order valence-corrected chi connectivity index (χ1v) is 8.90. The highest BCUT2D eigenvalue weighted by Crippen LogP contribution is 2.32. The van der Waals surface area contributed by atoms with Crippen molar-refractivity contribution in [1.29, 1.82) is 0 Å². The molecule has 0 spiro atoms. The molecule has 7 heteroatoms. The van der Waals surface area contributed by atoms with Crippen LogP contribution < -0.4 is 5.32 Å². The van der Waals surface area contributed by atoms with Gasteiger partial charge in [0.25, 0.3) is 0 Å². The fourth-order valence-electron chi connectivity index (χ4n) is 3.02. The number of urea groups is 1. The predicted molar refractivity (Wildman–Crippen MR) is 89.3 cm³/mol. The van der Waals surface area contributed by atoms with Crippen molar-refractivity contribution in [3.63, 3.8) is 0 Å². The molecule has 2 aliphatic rings. The van der Waals surface area contributed by atoms with E-state index in [2.05, 4.69) is 19.2 Å². The monoisotopic (exact) mass is 339 g/mol. The predicted octanol–water partition coefficient (Wildman–Crippen LogP) is 1.23. The normalized spacial score (nSPS) is 21.7. The zero-order valence-corrected chi connectivity index (χ0v) is 14.9. The van der Waals surface area contributed by atoms with E-state index in [0.717, 1.165) is 6.54 Å². The third kappa shape index (κ3) is 5.11. The van der Waals surface area contributed by atoms with Gasteiger partial charge >= 0.3 is 12.0 Å². The first kappa shape index (κ1) is 18.5. The van der Waals surface area contributed by atoms with Gasteiger partial charge in [-0.15, -0.1) is 0 Å². The van der Waals surface area contributed by atoms with E-state index < -0.39 is 5.97 Å². The highest BCUT2D eigenvalue weighted by Gasteiger charge is 2.36. The summed E-state index contributed by atoms with van der Waals surface area (Å²) in [5.41, 5.74) is 0. The third-order valence-electron chi connectivity index (χ3n) is 4.62. The Morgan fingerprint density at radius 3 is 2.62 bits per heavy atom. The van der Waals surface area contributed by atoms with E-state index in [1.807, 2.05) is 4.90 Å². The van der Waals surface area contributed by atoms with E-state index in [1.165, 1.54) is 12.8 Å². The lowest BCUT2D eigenvalue weighted by Crippen LogP contribution is -2.50. The Morgan fingerprint density at radius 2 is 2.04 bits per heavy atom. The molecule has 0 aromatic carbocycles. The van der Waals surface area contributed by atoms with Gasteiger partial charge in [0.2, 0.25) is 5.91 Å². The molecular formula is C17H29N3O4. The lowest BCUT2D eigenvalue weighted by atomic mass is 10.0. The van der Waals surface area contributed by atoms with Crippen molar-refractivity contribution in [3.8, 4) is 0 Å². The second-order valence-corrected chi connectivity index (χ2v) is 6.96. The van der Waals surface area contributed by atoms with Crippen molar-refractivity contribution >= 4 is 17.9 Å². The maximum Gasteiger partial charge on any atom is 0.325 e. The highest BCUT2D eigenvalue weighted by molar-refractivity contribution is 5.82. The molecule has 1 atom stereocenters. The van der Waals surface area contributed by atoms with Crippen LogP contribution in [0.4, 0.5) is 4.79 Å². The summed E-state index contributed by atoms with van der Waals surface area (Å²) in [5.74, 6) is 0.569. The van der Waals surface area contributed by atoms with Gasteiger partial charge in [0.1, 0.15) is 6.54 Å². The number of nitrogens with one attached hydrogen (secondary N) is 1. The molecule has 1 saturated heterocycles.